The molecule has 2 aromatic carbocycles. The molecule has 4 N–H and O–H groups in total. The van der Waals surface area contributed by atoms with E-state index in [4.69, 9.17) is 10.5 Å². The molecule has 4 rings (SSSR count). The number of nitrogens with two attached hydrogens (primary N) is 1. The molecule has 0 atom stereocenters. The van der Waals surface area contributed by atoms with Crippen molar-refractivity contribution in [1.29, 1.82) is 0 Å². The number of nitrogens with zero attached hydrogens (tertiary/aromatic N) is 5. The molecule has 0 amide bonds. The Bertz CT molecular complexity index is 1150. The molecule has 0 aliphatic carbocycles. The molecule has 30 heavy (non-hydrogen) atoms. The fraction of sp³-hybridized carbons (Fsp3) is 0.100. The van der Waals surface area contributed by atoms with Crippen LogP contribution in [0.4, 0.5) is 29.1 Å². The van der Waals surface area contributed by atoms with E-state index in [1.165, 1.54) is 16.4 Å². The lowest BCUT2D eigenvalue weighted by molar-refractivity contribution is 0.417. The van der Waals surface area contributed by atoms with Gasteiger partial charge < -0.3 is 21.1 Å². The topological polar surface area (TPSA) is 116 Å². The quantitative estimate of drug-likeness (QED) is 0.303. The first-order valence-electron chi connectivity index (χ1n) is 9.04. The molecule has 0 aliphatic heterocycles. The van der Waals surface area contributed by atoms with Crippen molar-refractivity contribution >= 4 is 40.9 Å². The third-order valence-electron chi connectivity index (χ3n) is 4.12. The molecule has 0 unspecified atom stereocenters. The zero-order chi connectivity index (χ0) is 20.9. The average Bonchev–Trinajstić information content (AvgIpc) is 3.14. The summed E-state index contributed by atoms with van der Waals surface area (Å²) in [5.74, 6) is 2.34. The lowest BCUT2D eigenvalue weighted by Gasteiger charge is -2.09. The van der Waals surface area contributed by atoms with Crippen molar-refractivity contribution in [2.75, 3.05) is 29.7 Å². The van der Waals surface area contributed by atoms with E-state index in [2.05, 4.69) is 30.7 Å². The van der Waals surface area contributed by atoms with Crippen LogP contribution in [-0.4, -0.2) is 38.1 Å². The Hall–Kier alpha value is -3.79. The number of methoxy groups -OCH3 is 1. The van der Waals surface area contributed by atoms with Gasteiger partial charge in [0.15, 0.2) is 11.0 Å². The minimum atomic E-state index is 0.198. The van der Waals surface area contributed by atoms with Gasteiger partial charge in [-0.2, -0.15) is 9.67 Å². The summed E-state index contributed by atoms with van der Waals surface area (Å²) in [5.41, 5.74) is 7.77. The number of rotatable bonds is 7. The Balaban J connectivity index is 1.66. The number of anilines is 5. The predicted octanol–water partition coefficient (Wildman–Crippen LogP) is 3.86. The second kappa shape index (κ2) is 8.70. The normalized spacial score (nSPS) is 10.6. The van der Waals surface area contributed by atoms with Crippen molar-refractivity contribution in [3.8, 4) is 11.6 Å². The molecule has 0 radical (unpaired) electrons. The first-order chi connectivity index (χ1) is 14.7. The molecule has 0 aliphatic rings. The van der Waals surface area contributed by atoms with Crippen molar-refractivity contribution in [3.05, 3.63) is 60.7 Å². The number of aromatic nitrogens is 5. The van der Waals surface area contributed by atoms with E-state index >= 15 is 0 Å². The van der Waals surface area contributed by atoms with Gasteiger partial charge in [0.2, 0.25) is 11.9 Å². The molecule has 0 bridgehead atoms. The highest BCUT2D eigenvalue weighted by Crippen LogP contribution is 2.27. The monoisotopic (exact) mass is 420 g/mol. The molecule has 10 heteroatoms. The summed E-state index contributed by atoms with van der Waals surface area (Å²) in [6.07, 6.45) is 1.91. The maximum absolute atomic E-state index is 6.12. The fourth-order valence-corrected chi connectivity index (χ4v) is 3.13. The number of para-hydroxylation sites is 3. The van der Waals surface area contributed by atoms with E-state index in [9.17, 15) is 0 Å². The number of nitrogens with one attached hydrogen (secondary N) is 2. The van der Waals surface area contributed by atoms with Crippen LogP contribution in [0.5, 0.6) is 5.75 Å². The highest BCUT2D eigenvalue weighted by molar-refractivity contribution is 7.98. The van der Waals surface area contributed by atoms with E-state index in [1.807, 2.05) is 60.9 Å². The van der Waals surface area contributed by atoms with Crippen LogP contribution in [-0.2, 0) is 0 Å². The minimum absolute atomic E-state index is 0.198. The first-order valence-corrected chi connectivity index (χ1v) is 10.3. The van der Waals surface area contributed by atoms with Crippen LogP contribution in [0.3, 0.4) is 0 Å². The third kappa shape index (κ3) is 4.28. The highest BCUT2D eigenvalue weighted by Gasteiger charge is 2.14. The minimum Gasteiger partial charge on any atom is -0.495 e. The maximum Gasteiger partial charge on any atom is 0.249 e. The van der Waals surface area contributed by atoms with Crippen LogP contribution >= 0.6 is 11.8 Å². The van der Waals surface area contributed by atoms with Crippen LogP contribution in [0, 0.1) is 0 Å². The van der Waals surface area contributed by atoms with Gasteiger partial charge in [-0.25, -0.2) is 9.97 Å². The van der Waals surface area contributed by atoms with Crippen LogP contribution in [0.2, 0.25) is 0 Å². The maximum atomic E-state index is 6.12. The fourth-order valence-electron chi connectivity index (χ4n) is 2.76. The van der Waals surface area contributed by atoms with Gasteiger partial charge in [-0.05, 0) is 30.5 Å². The number of benzene rings is 2. The Morgan fingerprint density at radius 3 is 2.50 bits per heavy atom. The van der Waals surface area contributed by atoms with Gasteiger partial charge in [0.25, 0.3) is 0 Å². The standard InChI is InChI=1S/C20H20N8OS/c1-29-15-11-7-6-10-14(15)23-19-26-18(21)28(27-19)17-12-16(24-20(25-17)30-2)22-13-8-4-3-5-9-13/h3-12H,1-2H3,(H,22,24,25)(H3,21,23,26,27). The average molecular weight is 421 g/mol. The summed E-state index contributed by atoms with van der Waals surface area (Å²) < 4.78 is 6.82. The number of nitrogen functional groups attached to an aromatic ring is 1. The van der Waals surface area contributed by atoms with Crippen LogP contribution in [0.25, 0.3) is 5.82 Å². The molecule has 0 fully saturated rings. The van der Waals surface area contributed by atoms with Crippen molar-refractivity contribution in [1.82, 2.24) is 24.7 Å². The summed E-state index contributed by atoms with van der Waals surface area (Å²) in [5, 5.41) is 11.4. The number of ether oxygens (including phenoxy) is 1. The van der Waals surface area contributed by atoms with E-state index in [-0.39, 0.29) is 5.95 Å². The molecular weight excluding hydrogens is 400 g/mol. The predicted molar refractivity (Wildman–Crippen MR) is 119 cm³/mol. The second-order valence-electron chi connectivity index (χ2n) is 6.12. The Morgan fingerprint density at radius 1 is 0.967 bits per heavy atom. The zero-order valence-electron chi connectivity index (χ0n) is 16.4. The van der Waals surface area contributed by atoms with Gasteiger partial charge in [-0.3, -0.25) is 0 Å². The van der Waals surface area contributed by atoms with Gasteiger partial charge in [0.1, 0.15) is 11.6 Å². The summed E-state index contributed by atoms with van der Waals surface area (Å²) >= 11 is 1.43. The largest absolute Gasteiger partial charge is 0.495 e. The Morgan fingerprint density at radius 2 is 1.73 bits per heavy atom. The summed E-state index contributed by atoms with van der Waals surface area (Å²) in [6, 6.07) is 19.0. The second-order valence-corrected chi connectivity index (χ2v) is 6.89. The summed E-state index contributed by atoms with van der Waals surface area (Å²) in [6.45, 7) is 0. The Labute approximate surface area is 177 Å². The molecule has 2 heterocycles. The van der Waals surface area contributed by atoms with E-state index < -0.39 is 0 Å². The van der Waals surface area contributed by atoms with Gasteiger partial charge in [-0.15, -0.1) is 5.10 Å². The highest BCUT2D eigenvalue weighted by atomic mass is 32.2. The smallest absolute Gasteiger partial charge is 0.249 e. The van der Waals surface area contributed by atoms with E-state index in [0.717, 1.165) is 11.4 Å². The molecular formula is C20H20N8OS. The van der Waals surface area contributed by atoms with Crippen LogP contribution in [0.1, 0.15) is 0 Å². The molecule has 0 spiro atoms. The van der Waals surface area contributed by atoms with Crippen molar-refractivity contribution in [2.24, 2.45) is 0 Å². The lowest BCUT2D eigenvalue weighted by Crippen LogP contribution is -2.07. The lowest BCUT2D eigenvalue weighted by atomic mass is 10.3. The number of hydrogen-bond acceptors (Lipinski definition) is 9. The van der Waals surface area contributed by atoms with Gasteiger partial charge >= 0.3 is 0 Å². The molecule has 0 saturated heterocycles. The van der Waals surface area contributed by atoms with Gasteiger partial charge in [-0.1, -0.05) is 42.1 Å². The van der Waals surface area contributed by atoms with Crippen LogP contribution < -0.4 is 21.1 Å². The molecule has 0 saturated carbocycles. The molecule has 2 aromatic heterocycles. The molecule has 152 valence electrons. The van der Waals surface area contributed by atoms with Crippen molar-refractivity contribution in [2.45, 2.75) is 5.16 Å². The first kappa shape index (κ1) is 19.5. The van der Waals surface area contributed by atoms with Gasteiger partial charge in [0, 0.05) is 11.8 Å². The number of hydrogen-bond donors (Lipinski definition) is 3. The molecule has 9 nitrogen and oxygen atoms in total. The summed E-state index contributed by atoms with van der Waals surface area (Å²) in [7, 11) is 1.60. The van der Waals surface area contributed by atoms with Crippen LogP contribution in [0.15, 0.2) is 65.8 Å². The third-order valence-corrected chi connectivity index (χ3v) is 4.67. The van der Waals surface area contributed by atoms with Gasteiger partial charge in [0.05, 0.1) is 12.8 Å². The SMILES string of the molecule is COc1ccccc1Nc1nc(N)n(-c2cc(Nc3ccccc3)nc(SC)n2)n1. The zero-order valence-corrected chi connectivity index (χ0v) is 17.2. The van der Waals surface area contributed by atoms with E-state index in [0.29, 0.717) is 28.5 Å². The van der Waals surface area contributed by atoms with Crippen molar-refractivity contribution < 1.29 is 4.74 Å². The Kier molecular flexibility index (Phi) is 5.66. The van der Waals surface area contributed by atoms with E-state index in [1.54, 1.807) is 13.2 Å². The number of thioether (sulfide) groups is 1. The molecule has 4 aromatic rings. The summed E-state index contributed by atoms with van der Waals surface area (Å²) in [4.78, 5) is 13.3. The van der Waals surface area contributed by atoms with Crippen molar-refractivity contribution in [3.63, 3.8) is 0 Å².